The summed E-state index contributed by atoms with van der Waals surface area (Å²) in [5.41, 5.74) is 0. The molecule has 0 aromatic rings. The number of nitrogens with one attached hydrogen (secondary N) is 1. The highest BCUT2D eigenvalue weighted by molar-refractivity contribution is 5.78. The zero-order valence-electron chi connectivity index (χ0n) is 14.6. The van der Waals surface area contributed by atoms with Gasteiger partial charge in [-0.25, -0.2) is 0 Å². The van der Waals surface area contributed by atoms with Crippen LogP contribution < -0.4 is 5.32 Å². The smallest absolute Gasteiger partial charge is 0.234 e. The predicted molar refractivity (Wildman–Crippen MR) is 89.7 cm³/mol. The number of hydrogen-bond acceptors (Lipinski definition) is 3. The Labute approximate surface area is 135 Å². The second kappa shape index (κ2) is 10.6. The molecule has 0 unspecified atom stereocenters. The molecule has 1 N–H and O–H groups in total. The molecule has 1 rings (SSSR count). The highest BCUT2D eigenvalue weighted by atomic mass is 16.2. The fourth-order valence-corrected chi connectivity index (χ4v) is 2.76. The third kappa shape index (κ3) is 7.78. The summed E-state index contributed by atoms with van der Waals surface area (Å²) >= 11 is 0. The van der Waals surface area contributed by atoms with Gasteiger partial charge in [0.2, 0.25) is 11.8 Å². The molecule has 0 saturated carbocycles. The molecule has 5 heteroatoms. The van der Waals surface area contributed by atoms with E-state index in [-0.39, 0.29) is 17.9 Å². The van der Waals surface area contributed by atoms with Crippen LogP contribution in [0, 0.1) is 0 Å². The average Bonchev–Trinajstić information content (AvgIpc) is 2.46. The normalized spacial score (nSPS) is 16.1. The molecule has 0 spiro atoms. The van der Waals surface area contributed by atoms with E-state index in [2.05, 4.69) is 17.1 Å². The van der Waals surface area contributed by atoms with Crippen LogP contribution in [0.5, 0.6) is 0 Å². The predicted octanol–water partition coefficient (Wildman–Crippen LogP) is 2.02. The van der Waals surface area contributed by atoms with Gasteiger partial charge >= 0.3 is 0 Å². The molecule has 1 aliphatic rings. The van der Waals surface area contributed by atoms with Gasteiger partial charge in [-0.05, 0) is 20.3 Å². The van der Waals surface area contributed by atoms with E-state index in [1.54, 1.807) is 0 Å². The summed E-state index contributed by atoms with van der Waals surface area (Å²) < 4.78 is 0. The second-order valence-electron chi connectivity index (χ2n) is 6.54. The molecule has 0 bridgehead atoms. The second-order valence-corrected chi connectivity index (χ2v) is 6.54. The van der Waals surface area contributed by atoms with E-state index in [1.807, 2.05) is 18.7 Å². The molecule has 2 amide bonds. The fourth-order valence-electron chi connectivity index (χ4n) is 2.76. The molecule has 1 fully saturated rings. The molecule has 0 atom stereocenters. The SMILES string of the molecule is CCCCCCCC(=O)N1CCN(CC(=O)NC(C)C)CC1. The first-order valence-electron chi connectivity index (χ1n) is 8.82. The fraction of sp³-hybridized carbons (Fsp3) is 0.882. The lowest BCUT2D eigenvalue weighted by Gasteiger charge is -2.34. The molecule has 1 aliphatic heterocycles. The molecular weight excluding hydrogens is 278 g/mol. The van der Waals surface area contributed by atoms with Crippen LogP contribution in [0.25, 0.3) is 0 Å². The van der Waals surface area contributed by atoms with Gasteiger partial charge in [0.15, 0.2) is 0 Å². The molecule has 0 radical (unpaired) electrons. The van der Waals surface area contributed by atoms with Crippen LogP contribution in [0.1, 0.15) is 59.3 Å². The van der Waals surface area contributed by atoms with Crippen molar-refractivity contribution in [3.05, 3.63) is 0 Å². The van der Waals surface area contributed by atoms with Crippen molar-refractivity contribution in [2.45, 2.75) is 65.3 Å². The summed E-state index contributed by atoms with van der Waals surface area (Å²) in [5, 5.41) is 2.91. The molecule has 1 saturated heterocycles. The maximum absolute atomic E-state index is 12.1. The number of unbranched alkanes of at least 4 members (excludes halogenated alkanes) is 4. The standard InChI is InChI=1S/C17H33N3O2/c1-4-5-6-7-8-9-17(22)20-12-10-19(11-13-20)14-16(21)18-15(2)3/h15H,4-14H2,1-3H3,(H,18,21). The first-order chi connectivity index (χ1) is 10.5. The van der Waals surface area contributed by atoms with Crippen molar-refractivity contribution in [1.82, 2.24) is 15.1 Å². The third-order valence-corrected chi connectivity index (χ3v) is 4.04. The topological polar surface area (TPSA) is 52.7 Å². The molecule has 128 valence electrons. The summed E-state index contributed by atoms with van der Waals surface area (Å²) in [5.74, 6) is 0.355. The zero-order valence-corrected chi connectivity index (χ0v) is 14.6. The van der Waals surface area contributed by atoms with Crippen molar-refractivity contribution >= 4 is 11.8 Å². The van der Waals surface area contributed by atoms with Crippen LogP contribution in [0.2, 0.25) is 0 Å². The summed E-state index contributed by atoms with van der Waals surface area (Å²) in [6, 6.07) is 0.183. The van der Waals surface area contributed by atoms with Gasteiger partial charge in [0.1, 0.15) is 0 Å². The van der Waals surface area contributed by atoms with Crippen molar-refractivity contribution in [2.75, 3.05) is 32.7 Å². The quantitative estimate of drug-likeness (QED) is 0.663. The van der Waals surface area contributed by atoms with Crippen LogP contribution in [-0.4, -0.2) is 60.4 Å². The Balaban J connectivity index is 2.16. The number of nitrogens with zero attached hydrogens (tertiary/aromatic N) is 2. The van der Waals surface area contributed by atoms with E-state index in [4.69, 9.17) is 0 Å². The van der Waals surface area contributed by atoms with Gasteiger partial charge in [-0.15, -0.1) is 0 Å². The number of piperazine rings is 1. The largest absolute Gasteiger partial charge is 0.353 e. The first-order valence-corrected chi connectivity index (χ1v) is 8.82. The average molecular weight is 311 g/mol. The molecule has 1 heterocycles. The minimum atomic E-state index is 0.0747. The van der Waals surface area contributed by atoms with E-state index in [9.17, 15) is 9.59 Å². The Hall–Kier alpha value is -1.10. The van der Waals surface area contributed by atoms with Crippen LogP contribution in [0.4, 0.5) is 0 Å². The van der Waals surface area contributed by atoms with Gasteiger partial charge in [0.05, 0.1) is 6.54 Å². The Morgan fingerprint density at radius 2 is 1.64 bits per heavy atom. The van der Waals surface area contributed by atoms with Crippen LogP contribution in [-0.2, 0) is 9.59 Å². The zero-order chi connectivity index (χ0) is 16.4. The van der Waals surface area contributed by atoms with E-state index in [1.165, 1.54) is 19.3 Å². The number of carbonyl (C=O) groups excluding carboxylic acids is 2. The minimum Gasteiger partial charge on any atom is -0.353 e. The van der Waals surface area contributed by atoms with Gasteiger partial charge in [0, 0.05) is 38.6 Å². The molecule has 0 aromatic heterocycles. The van der Waals surface area contributed by atoms with Gasteiger partial charge in [-0.3, -0.25) is 14.5 Å². The Bertz CT molecular complexity index is 337. The van der Waals surface area contributed by atoms with Gasteiger partial charge < -0.3 is 10.2 Å². The van der Waals surface area contributed by atoms with Crippen LogP contribution in [0.15, 0.2) is 0 Å². The van der Waals surface area contributed by atoms with Gasteiger partial charge in [-0.1, -0.05) is 32.6 Å². The van der Waals surface area contributed by atoms with Crippen molar-refractivity contribution in [1.29, 1.82) is 0 Å². The first kappa shape index (κ1) is 18.9. The molecule has 0 aliphatic carbocycles. The van der Waals surface area contributed by atoms with Gasteiger partial charge in [0.25, 0.3) is 0 Å². The van der Waals surface area contributed by atoms with Crippen molar-refractivity contribution < 1.29 is 9.59 Å². The Morgan fingerprint density at radius 3 is 2.23 bits per heavy atom. The Kier molecular flexibility index (Phi) is 9.13. The van der Waals surface area contributed by atoms with Crippen LogP contribution >= 0.6 is 0 Å². The highest BCUT2D eigenvalue weighted by Crippen LogP contribution is 2.09. The number of amides is 2. The van der Waals surface area contributed by atoms with E-state index in [0.29, 0.717) is 13.0 Å². The molecule has 5 nitrogen and oxygen atoms in total. The van der Waals surface area contributed by atoms with E-state index in [0.717, 1.165) is 39.0 Å². The Morgan fingerprint density at radius 1 is 1.00 bits per heavy atom. The molecule has 0 aromatic carbocycles. The maximum atomic E-state index is 12.1. The summed E-state index contributed by atoms with van der Waals surface area (Å²) in [4.78, 5) is 27.9. The summed E-state index contributed by atoms with van der Waals surface area (Å²) in [6.45, 7) is 9.68. The highest BCUT2D eigenvalue weighted by Gasteiger charge is 2.22. The lowest BCUT2D eigenvalue weighted by atomic mass is 10.1. The number of rotatable bonds is 9. The summed E-state index contributed by atoms with van der Waals surface area (Å²) in [7, 11) is 0. The van der Waals surface area contributed by atoms with E-state index >= 15 is 0 Å². The van der Waals surface area contributed by atoms with E-state index < -0.39 is 0 Å². The molecular formula is C17H33N3O2. The lowest BCUT2D eigenvalue weighted by Crippen LogP contribution is -2.51. The number of carbonyl (C=O) groups is 2. The third-order valence-electron chi connectivity index (χ3n) is 4.04. The minimum absolute atomic E-state index is 0.0747. The van der Waals surface area contributed by atoms with Crippen molar-refractivity contribution in [3.63, 3.8) is 0 Å². The number of hydrogen-bond donors (Lipinski definition) is 1. The van der Waals surface area contributed by atoms with Crippen molar-refractivity contribution in [2.24, 2.45) is 0 Å². The molecule has 22 heavy (non-hydrogen) atoms. The van der Waals surface area contributed by atoms with Gasteiger partial charge in [-0.2, -0.15) is 0 Å². The van der Waals surface area contributed by atoms with Crippen LogP contribution in [0.3, 0.4) is 0 Å². The monoisotopic (exact) mass is 311 g/mol. The maximum Gasteiger partial charge on any atom is 0.234 e. The summed E-state index contributed by atoms with van der Waals surface area (Å²) in [6.07, 6.45) is 6.59. The lowest BCUT2D eigenvalue weighted by molar-refractivity contribution is -0.133. The van der Waals surface area contributed by atoms with Crippen molar-refractivity contribution in [3.8, 4) is 0 Å².